The maximum absolute atomic E-state index is 6.24. The van der Waals surface area contributed by atoms with Crippen LogP contribution in [0.2, 0.25) is 0 Å². The van der Waals surface area contributed by atoms with Crippen LogP contribution in [0, 0.1) is 41.5 Å². The van der Waals surface area contributed by atoms with Gasteiger partial charge in [0.25, 0.3) is 0 Å². The molecule has 6 heterocycles. The number of ether oxygens (including phenoxy) is 4. The van der Waals surface area contributed by atoms with Gasteiger partial charge in [-0.1, -0.05) is 70.7 Å². The van der Waals surface area contributed by atoms with Crippen molar-refractivity contribution >= 4 is 80.6 Å². The van der Waals surface area contributed by atoms with Gasteiger partial charge in [-0.25, -0.2) is 0 Å². The molecule has 4 nitrogen and oxygen atoms in total. The molecule has 252 valence electrons. The third-order valence-corrected chi connectivity index (χ3v) is 17.3. The molecule has 0 bridgehead atoms. The first kappa shape index (κ1) is 33.6. The lowest BCUT2D eigenvalue weighted by Crippen LogP contribution is -2.14. The number of fused-ring (bicyclic) bond motifs is 2. The normalized spacial score (nSPS) is 13.7. The Labute approximate surface area is 316 Å². The molecule has 49 heavy (non-hydrogen) atoms. The summed E-state index contributed by atoms with van der Waals surface area (Å²) in [5, 5.41) is 0. The molecule has 0 amide bonds. The van der Waals surface area contributed by atoms with Crippen molar-refractivity contribution in [3.63, 3.8) is 0 Å². The van der Waals surface area contributed by atoms with E-state index in [9.17, 15) is 0 Å². The van der Waals surface area contributed by atoms with E-state index in [0.717, 1.165) is 41.2 Å². The summed E-state index contributed by atoms with van der Waals surface area (Å²) in [4.78, 5) is 7.29. The number of hydrogen-bond acceptors (Lipinski definition) is 11. The Bertz CT molecular complexity index is 2000. The van der Waals surface area contributed by atoms with E-state index in [1.807, 2.05) is 34.4 Å². The Morgan fingerprint density at radius 2 is 0.816 bits per heavy atom. The Morgan fingerprint density at radius 1 is 0.449 bits per heavy atom. The summed E-state index contributed by atoms with van der Waals surface area (Å²) < 4.78 is 29.7. The quantitative estimate of drug-likeness (QED) is 0.152. The third kappa shape index (κ3) is 6.68. The van der Waals surface area contributed by atoms with Crippen LogP contribution in [0.5, 0.6) is 23.0 Å². The van der Waals surface area contributed by atoms with Gasteiger partial charge in [0.2, 0.25) is 0 Å². The Balaban J connectivity index is 1.05. The molecule has 2 aliphatic rings. The Morgan fingerprint density at radius 3 is 1.20 bits per heavy atom. The molecule has 6 aromatic rings. The first-order valence-electron chi connectivity index (χ1n) is 16.0. The van der Waals surface area contributed by atoms with Gasteiger partial charge in [0, 0.05) is 19.5 Å². The predicted octanol–water partition coefficient (Wildman–Crippen LogP) is 13.1. The van der Waals surface area contributed by atoms with Crippen molar-refractivity contribution in [3.8, 4) is 42.5 Å². The molecule has 2 aliphatic heterocycles. The van der Waals surface area contributed by atoms with Crippen LogP contribution < -0.4 is 18.9 Å². The summed E-state index contributed by atoms with van der Waals surface area (Å²) in [5.41, 5.74) is 7.75. The summed E-state index contributed by atoms with van der Waals surface area (Å²) in [6, 6.07) is 17.9. The minimum absolute atomic E-state index is 0.569. The molecule has 8 rings (SSSR count). The molecule has 0 atom stereocenters. The minimum Gasteiger partial charge on any atom is -0.485 e. The number of aryl methyl sites for hydroxylation is 6. The minimum atomic E-state index is 0.569. The fourth-order valence-electron chi connectivity index (χ4n) is 6.24. The SMILES string of the molecule is Cc1cc(C)c(Sc2sc(-c3ccc(Sc4ccc(-c5sc(Sc6c(C)cc(C)cc6C)c6c5OCCO6)s4)s3)c3c2OCCO3)c(C)c1. The zero-order chi connectivity index (χ0) is 33.8. The van der Waals surface area contributed by atoms with E-state index in [0.29, 0.717) is 26.4 Å². The van der Waals surface area contributed by atoms with Crippen LogP contribution in [0.15, 0.2) is 75.2 Å². The van der Waals surface area contributed by atoms with Gasteiger partial charge in [-0.15, -0.1) is 45.3 Å². The van der Waals surface area contributed by atoms with Crippen LogP contribution in [0.3, 0.4) is 0 Å². The molecule has 0 unspecified atom stereocenters. The van der Waals surface area contributed by atoms with Gasteiger partial charge in [-0.05, 0) is 88.1 Å². The van der Waals surface area contributed by atoms with Crippen LogP contribution in [0.4, 0.5) is 0 Å². The predicted molar refractivity (Wildman–Crippen MR) is 211 cm³/mol. The van der Waals surface area contributed by atoms with Crippen molar-refractivity contribution in [3.05, 3.63) is 81.9 Å². The zero-order valence-electron chi connectivity index (χ0n) is 27.9. The molecule has 0 fully saturated rings. The van der Waals surface area contributed by atoms with E-state index < -0.39 is 0 Å². The largest absolute Gasteiger partial charge is 0.485 e. The van der Waals surface area contributed by atoms with Gasteiger partial charge in [0.1, 0.15) is 34.8 Å². The van der Waals surface area contributed by atoms with E-state index in [1.54, 1.807) is 46.2 Å². The van der Waals surface area contributed by atoms with E-state index in [2.05, 4.69) is 90.1 Å². The molecule has 0 saturated heterocycles. The van der Waals surface area contributed by atoms with Crippen LogP contribution in [-0.2, 0) is 0 Å². The lowest BCUT2D eigenvalue weighted by atomic mass is 10.1. The van der Waals surface area contributed by atoms with Gasteiger partial charge in [-0.3, -0.25) is 0 Å². The topological polar surface area (TPSA) is 36.9 Å². The summed E-state index contributed by atoms with van der Waals surface area (Å²) >= 11 is 12.6. The van der Waals surface area contributed by atoms with E-state index in [4.69, 9.17) is 18.9 Å². The van der Waals surface area contributed by atoms with Crippen LogP contribution in [0.1, 0.15) is 33.4 Å². The highest BCUT2D eigenvalue weighted by Crippen LogP contribution is 2.59. The maximum Gasteiger partial charge on any atom is 0.186 e. The van der Waals surface area contributed by atoms with Crippen molar-refractivity contribution in [1.82, 2.24) is 0 Å². The smallest absolute Gasteiger partial charge is 0.186 e. The number of hydrogen-bond donors (Lipinski definition) is 0. The van der Waals surface area contributed by atoms with Gasteiger partial charge in [0.15, 0.2) is 23.0 Å². The lowest BCUT2D eigenvalue weighted by Gasteiger charge is -2.17. The summed E-state index contributed by atoms with van der Waals surface area (Å²) in [6.45, 7) is 15.4. The van der Waals surface area contributed by atoms with E-state index in [-0.39, 0.29) is 0 Å². The Kier molecular flexibility index (Phi) is 9.54. The molecular formula is C38H34O4S7. The van der Waals surface area contributed by atoms with Gasteiger partial charge >= 0.3 is 0 Å². The summed E-state index contributed by atoms with van der Waals surface area (Å²) in [5.74, 6) is 3.54. The van der Waals surface area contributed by atoms with E-state index >= 15 is 0 Å². The highest BCUT2D eigenvalue weighted by Gasteiger charge is 2.29. The molecule has 0 spiro atoms. The first-order valence-corrected chi connectivity index (χ1v) is 21.7. The molecular weight excluding hydrogens is 745 g/mol. The molecule has 4 aromatic heterocycles. The molecule has 2 aromatic carbocycles. The van der Waals surface area contributed by atoms with Crippen molar-refractivity contribution in [2.24, 2.45) is 0 Å². The number of benzene rings is 2. The summed E-state index contributed by atoms with van der Waals surface area (Å²) in [7, 11) is 0. The molecule has 0 radical (unpaired) electrons. The van der Waals surface area contributed by atoms with Crippen molar-refractivity contribution in [1.29, 1.82) is 0 Å². The lowest BCUT2D eigenvalue weighted by molar-refractivity contribution is 0.170. The van der Waals surface area contributed by atoms with Crippen LogP contribution in [0.25, 0.3) is 19.5 Å². The van der Waals surface area contributed by atoms with Gasteiger partial charge in [0.05, 0.1) is 18.2 Å². The monoisotopic (exact) mass is 778 g/mol. The summed E-state index contributed by atoms with van der Waals surface area (Å²) in [6.07, 6.45) is 0. The van der Waals surface area contributed by atoms with Crippen molar-refractivity contribution in [2.45, 2.75) is 68.2 Å². The van der Waals surface area contributed by atoms with Crippen LogP contribution in [-0.4, -0.2) is 26.4 Å². The Hall–Kier alpha value is -2.51. The third-order valence-electron chi connectivity index (χ3n) is 8.15. The standard InChI is InChI=1S/C38H34O4S7/c1-19-15-21(3)33(22(4)16-19)46-37-31-29(39-11-13-41-31)35(48-37)25-7-9-27(43-25)45-28-10-8-26(44-28)36-30-32(42-14-12-40-30)38(49-36)47-34-23(5)17-20(2)18-24(34)6/h7-10,15-18H,11-14H2,1-6H3. The maximum atomic E-state index is 6.24. The zero-order valence-corrected chi connectivity index (χ0v) is 33.7. The fraction of sp³-hybridized carbons (Fsp3) is 0.263. The number of thiophene rings is 4. The van der Waals surface area contributed by atoms with Crippen LogP contribution >= 0.6 is 80.6 Å². The average Bonchev–Trinajstić information content (AvgIpc) is 3.87. The molecule has 0 N–H and O–H groups in total. The fourth-order valence-corrected chi connectivity index (χ4v) is 14.9. The van der Waals surface area contributed by atoms with Crippen molar-refractivity contribution < 1.29 is 18.9 Å². The average molecular weight is 779 g/mol. The van der Waals surface area contributed by atoms with E-state index in [1.165, 1.54) is 61.3 Å². The second-order valence-corrected chi connectivity index (χ2v) is 20.5. The molecule has 11 heteroatoms. The first-order chi connectivity index (χ1) is 23.7. The molecule has 0 aliphatic carbocycles. The highest BCUT2D eigenvalue weighted by molar-refractivity contribution is 8.03. The second-order valence-electron chi connectivity index (χ2n) is 12.1. The van der Waals surface area contributed by atoms with Gasteiger partial charge in [-0.2, -0.15) is 0 Å². The number of rotatable bonds is 8. The highest BCUT2D eigenvalue weighted by atomic mass is 32.2. The second kappa shape index (κ2) is 13.9. The van der Waals surface area contributed by atoms with Gasteiger partial charge < -0.3 is 18.9 Å². The van der Waals surface area contributed by atoms with Crippen molar-refractivity contribution in [2.75, 3.05) is 26.4 Å². The molecule has 0 saturated carbocycles.